The smallest absolute Gasteiger partial charge is 0.257 e. The van der Waals surface area contributed by atoms with Crippen molar-refractivity contribution in [3.8, 4) is 0 Å². The summed E-state index contributed by atoms with van der Waals surface area (Å²) in [7, 11) is 0. The van der Waals surface area contributed by atoms with Gasteiger partial charge < -0.3 is 10.2 Å². The van der Waals surface area contributed by atoms with Crippen LogP contribution in [0.1, 0.15) is 60.9 Å². The van der Waals surface area contributed by atoms with Crippen LogP contribution in [-0.4, -0.2) is 29.9 Å². The molecule has 0 radical (unpaired) electrons. The van der Waals surface area contributed by atoms with Crippen LogP contribution in [0.3, 0.4) is 0 Å². The Morgan fingerprint density at radius 1 is 1.06 bits per heavy atom. The first kappa shape index (κ1) is 22.4. The van der Waals surface area contributed by atoms with Crippen molar-refractivity contribution in [2.75, 3.05) is 23.3 Å². The average molecular weight is 520 g/mol. The third kappa shape index (κ3) is 4.81. The van der Waals surface area contributed by atoms with Crippen molar-refractivity contribution in [2.24, 2.45) is 5.41 Å². The number of hydrogen-bond donors (Lipinski definition) is 1. The molecule has 2 heterocycles. The SMILES string of the molecule is O=C(Nc1ccc(F)c(N2CCC(F)(F)CC2)n1)c1ccc(Br)cc1C1=CCC2(CC1)CC2. The van der Waals surface area contributed by atoms with E-state index in [-0.39, 0.29) is 43.5 Å². The highest BCUT2D eigenvalue weighted by Gasteiger charge is 2.43. The van der Waals surface area contributed by atoms with E-state index in [2.05, 4.69) is 32.3 Å². The molecule has 8 heteroatoms. The molecule has 174 valence electrons. The number of alkyl halides is 2. The van der Waals surface area contributed by atoms with E-state index in [1.54, 1.807) is 6.07 Å². The molecule has 1 spiro atoms. The van der Waals surface area contributed by atoms with E-state index in [9.17, 15) is 18.0 Å². The number of piperidine rings is 1. The Morgan fingerprint density at radius 3 is 2.48 bits per heavy atom. The summed E-state index contributed by atoms with van der Waals surface area (Å²) in [5, 5.41) is 2.77. The minimum atomic E-state index is -2.73. The summed E-state index contributed by atoms with van der Waals surface area (Å²) in [5.41, 5.74) is 3.07. The van der Waals surface area contributed by atoms with E-state index >= 15 is 0 Å². The van der Waals surface area contributed by atoms with Crippen LogP contribution in [0, 0.1) is 11.2 Å². The minimum absolute atomic E-state index is 0.0101. The van der Waals surface area contributed by atoms with E-state index in [0.717, 1.165) is 29.3 Å². The molecule has 1 amide bonds. The second kappa shape index (κ2) is 8.46. The van der Waals surface area contributed by atoms with Crippen LogP contribution in [0.15, 0.2) is 40.9 Å². The molecule has 4 nitrogen and oxygen atoms in total. The summed E-state index contributed by atoms with van der Waals surface area (Å²) in [4.78, 5) is 18.9. The van der Waals surface area contributed by atoms with Gasteiger partial charge in [0.1, 0.15) is 5.82 Å². The minimum Gasteiger partial charge on any atom is -0.354 e. The van der Waals surface area contributed by atoms with Crippen LogP contribution < -0.4 is 10.2 Å². The molecule has 2 fully saturated rings. The molecule has 0 bridgehead atoms. The average Bonchev–Trinajstić information content (AvgIpc) is 3.54. The van der Waals surface area contributed by atoms with Gasteiger partial charge in [-0.25, -0.2) is 18.2 Å². The summed E-state index contributed by atoms with van der Waals surface area (Å²) < 4.78 is 42.3. The lowest BCUT2D eigenvalue weighted by Crippen LogP contribution is -2.40. The zero-order valence-electron chi connectivity index (χ0n) is 18.1. The molecule has 5 rings (SSSR count). The van der Waals surface area contributed by atoms with E-state index in [1.165, 1.54) is 35.4 Å². The Kier molecular flexibility index (Phi) is 5.75. The van der Waals surface area contributed by atoms with Gasteiger partial charge in [0, 0.05) is 36.0 Å². The first-order valence-electron chi connectivity index (χ1n) is 11.3. The number of allylic oxidation sites excluding steroid dienone is 2. The fraction of sp³-hybridized carbons (Fsp3) is 0.440. The van der Waals surface area contributed by atoms with Gasteiger partial charge in [-0.05, 0) is 79.0 Å². The molecular formula is C25H25BrF3N3O. The zero-order chi connectivity index (χ0) is 23.2. The highest BCUT2D eigenvalue weighted by atomic mass is 79.9. The number of benzene rings is 1. The van der Waals surface area contributed by atoms with E-state index in [1.807, 2.05) is 12.1 Å². The molecule has 2 aromatic rings. The Labute approximate surface area is 199 Å². The Balaban J connectivity index is 1.37. The third-order valence-corrected chi connectivity index (χ3v) is 7.59. The van der Waals surface area contributed by atoms with Gasteiger partial charge in [0.25, 0.3) is 11.8 Å². The number of hydrogen-bond acceptors (Lipinski definition) is 3. The van der Waals surface area contributed by atoms with Crippen molar-refractivity contribution >= 4 is 39.0 Å². The number of halogens is 4. The summed E-state index contributed by atoms with van der Waals surface area (Å²) in [6.07, 6.45) is 7.28. The second-order valence-electron chi connectivity index (χ2n) is 9.42. The fourth-order valence-electron chi connectivity index (χ4n) is 4.75. The van der Waals surface area contributed by atoms with Gasteiger partial charge in [0.15, 0.2) is 11.6 Å². The Hall–Kier alpha value is -2.35. The number of pyridine rings is 1. The molecule has 1 aromatic carbocycles. The summed E-state index contributed by atoms with van der Waals surface area (Å²) in [5.74, 6) is -3.48. The number of aromatic nitrogens is 1. The lowest BCUT2D eigenvalue weighted by atomic mass is 9.83. The van der Waals surface area contributed by atoms with Crippen LogP contribution >= 0.6 is 15.9 Å². The van der Waals surface area contributed by atoms with E-state index < -0.39 is 11.7 Å². The number of carbonyl (C=O) groups is 1. The highest BCUT2D eigenvalue weighted by Crippen LogP contribution is 2.56. The lowest BCUT2D eigenvalue weighted by molar-refractivity contribution is -0.0222. The Bertz CT molecular complexity index is 1120. The summed E-state index contributed by atoms with van der Waals surface area (Å²) in [6.45, 7) is 0.0294. The molecular weight excluding hydrogens is 495 g/mol. The highest BCUT2D eigenvalue weighted by molar-refractivity contribution is 9.10. The van der Waals surface area contributed by atoms with Gasteiger partial charge in [-0.2, -0.15) is 0 Å². The molecule has 1 aromatic heterocycles. The molecule has 1 aliphatic heterocycles. The zero-order valence-corrected chi connectivity index (χ0v) is 19.7. The van der Waals surface area contributed by atoms with Crippen molar-refractivity contribution in [1.82, 2.24) is 4.98 Å². The van der Waals surface area contributed by atoms with Crippen LogP contribution in [0.4, 0.5) is 24.8 Å². The monoisotopic (exact) mass is 519 g/mol. The molecule has 1 saturated carbocycles. The maximum Gasteiger partial charge on any atom is 0.257 e. The van der Waals surface area contributed by atoms with Crippen molar-refractivity contribution in [1.29, 1.82) is 0 Å². The third-order valence-electron chi connectivity index (χ3n) is 7.10. The topological polar surface area (TPSA) is 45.2 Å². The number of nitrogens with zero attached hydrogens (tertiary/aromatic N) is 2. The van der Waals surface area contributed by atoms with E-state index in [0.29, 0.717) is 11.0 Å². The van der Waals surface area contributed by atoms with Gasteiger partial charge in [-0.3, -0.25) is 4.79 Å². The van der Waals surface area contributed by atoms with Crippen molar-refractivity contribution < 1.29 is 18.0 Å². The summed E-state index contributed by atoms with van der Waals surface area (Å²) >= 11 is 3.51. The Morgan fingerprint density at radius 2 is 1.82 bits per heavy atom. The largest absolute Gasteiger partial charge is 0.354 e. The number of anilines is 2. The molecule has 0 atom stereocenters. The van der Waals surface area contributed by atoms with Crippen LogP contribution in [0.2, 0.25) is 0 Å². The molecule has 1 saturated heterocycles. The van der Waals surface area contributed by atoms with Gasteiger partial charge in [-0.15, -0.1) is 0 Å². The molecule has 2 aliphatic carbocycles. The van der Waals surface area contributed by atoms with Gasteiger partial charge in [0.2, 0.25) is 0 Å². The van der Waals surface area contributed by atoms with Gasteiger partial charge in [0.05, 0.1) is 0 Å². The van der Waals surface area contributed by atoms with Crippen molar-refractivity contribution in [3.63, 3.8) is 0 Å². The van der Waals surface area contributed by atoms with Crippen molar-refractivity contribution in [3.05, 3.63) is 57.8 Å². The number of amides is 1. The van der Waals surface area contributed by atoms with Gasteiger partial charge >= 0.3 is 0 Å². The second-order valence-corrected chi connectivity index (χ2v) is 10.3. The predicted octanol–water partition coefficient (Wildman–Crippen LogP) is 6.82. The molecule has 1 N–H and O–H groups in total. The summed E-state index contributed by atoms with van der Waals surface area (Å²) in [6, 6.07) is 8.16. The van der Waals surface area contributed by atoms with Crippen LogP contribution in [0.5, 0.6) is 0 Å². The standard InChI is InChI=1S/C25H25BrF3N3O/c26-17-1-2-18(19(15-17)16-5-7-24(8-6-16)9-10-24)23(33)31-21-4-3-20(27)22(30-21)32-13-11-25(28,29)12-14-32/h1-5,15H,6-14H2,(H,30,31,33). The number of nitrogens with one attached hydrogen (secondary N) is 1. The fourth-order valence-corrected chi connectivity index (χ4v) is 5.11. The number of carbonyl (C=O) groups excluding carboxylic acids is 1. The molecule has 33 heavy (non-hydrogen) atoms. The maximum absolute atomic E-state index is 14.4. The maximum atomic E-state index is 14.4. The quantitative estimate of drug-likeness (QED) is 0.482. The lowest BCUT2D eigenvalue weighted by Gasteiger charge is -2.32. The first-order chi connectivity index (χ1) is 15.7. The first-order valence-corrected chi connectivity index (χ1v) is 12.1. The van der Waals surface area contributed by atoms with Crippen LogP contribution in [-0.2, 0) is 0 Å². The predicted molar refractivity (Wildman–Crippen MR) is 126 cm³/mol. The van der Waals surface area contributed by atoms with Gasteiger partial charge in [-0.1, -0.05) is 22.0 Å². The van der Waals surface area contributed by atoms with Crippen molar-refractivity contribution in [2.45, 2.75) is 50.9 Å². The van der Waals surface area contributed by atoms with E-state index in [4.69, 9.17) is 0 Å². The molecule has 3 aliphatic rings. The normalized spacial score (nSPS) is 21.0. The van der Waals surface area contributed by atoms with Crippen LogP contribution in [0.25, 0.3) is 5.57 Å². The number of rotatable bonds is 4. The molecule has 0 unspecified atom stereocenters.